The largest absolute Gasteiger partial charge is 0.383 e. The number of hydrogen-bond acceptors (Lipinski definition) is 4. The molecule has 0 radical (unpaired) electrons. The molecule has 1 aromatic heterocycles. The van der Waals surface area contributed by atoms with Crippen LogP contribution in [0.25, 0.3) is 11.3 Å². The summed E-state index contributed by atoms with van der Waals surface area (Å²) >= 11 is 0. The fourth-order valence-electron chi connectivity index (χ4n) is 2.34. The summed E-state index contributed by atoms with van der Waals surface area (Å²) in [5, 5.41) is 11.9. The summed E-state index contributed by atoms with van der Waals surface area (Å²) in [5.74, 6) is 0. The summed E-state index contributed by atoms with van der Waals surface area (Å²) in [7, 11) is 2.15. The monoisotopic (exact) mass is 254 g/mol. The number of likely N-dealkylation sites (N-methyl/N-ethyl adjacent to an activating group) is 1. The molecule has 98 valence electrons. The highest BCUT2D eigenvalue weighted by molar-refractivity contribution is 5.67. The molecule has 0 unspecified atom stereocenters. The van der Waals surface area contributed by atoms with E-state index in [2.05, 4.69) is 45.7 Å². The van der Waals surface area contributed by atoms with Crippen LogP contribution in [-0.2, 0) is 6.54 Å². The van der Waals surface area contributed by atoms with Gasteiger partial charge in [-0.25, -0.2) is 0 Å². The van der Waals surface area contributed by atoms with Crippen LogP contribution in [0.4, 0.5) is 5.69 Å². The molecule has 1 aliphatic heterocycles. The zero-order valence-corrected chi connectivity index (χ0v) is 11.3. The zero-order chi connectivity index (χ0) is 13.2. The quantitative estimate of drug-likeness (QED) is 0.848. The molecule has 1 aromatic carbocycles. The van der Waals surface area contributed by atoms with E-state index < -0.39 is 0 Å². The summed E-state index contributed by atoms with van der Waals surface area (Å²) in [6, 6.07) is 10.5. The smallest absolute Gasteiger partial charge is 0.0930 e. The van der Waals surface area contributed by atoms with Gasteiger partial charge in [0, 0.05) is 30.9 Å². The molecule has 19 heavy (non-hydrogen) atoms. The van der Waals surface area contributed by atoms with Crippen LogP contribution in [0.1, 0.15) is 11.3 Å². The Morgan fingerprint density at radius 2 is 2.05 bits per heavy atom. The summed E-state index contributed by atoms with van der Waals surface area (Å²) in [6.45, 7) is 4.98. The molecule has 0 atom stereocenters. The van der Waals surface area contributed by atoms with E-state index in [0.29, 0.717) is 0 Å². The molecule has 4 nitrogen and oxygen atoms in total. The third kappa shape index (κ3) is 2.58. The highest BCUT2D eigenvalue weighted by Gasteiger charge is 2.12. The minimum atomic E-state index is 0.924. The summed E-state index contributed by atoms with van der Waals surface area (Å²) in [6.07, 6.45) is 0. The van der Waals surface area contributed by atoms with E-state index in [0.717, 1.165) is 36.6 Å². The van der Waals surface area contributed by atoms with E-state index in [1.54, 1.807) is 0 Å². The molecule has 1 aliphatic rings. The van der Waals surface area contributed by atoms with Gasteiger partial charge in [-0.2, -0.15) is 10.2 Å². The molecule has 0 bridgehead atoms. The highest BCUT2D eigenvalue weighted by Crippen LogP contribution is 2.26. The maximum Gasteiger partial charge on any atom is 0.0930 e. The Kier molecular flexibility index (Phi) is 3.17. The number of nitrogens with zero attached hydrogens (tertiary/aromatic N) is 3. The Bertz CT molecular complexity index is 577. The van der Waals surface area contributed by atoms with Crippen molar-refractivity contribution in [1.82, 2.24) is 15.1 Å². The molecule has 0 saturated heterocycles. The Labute approximate surface area is 113 Å². The van der Waals surface area contributed by atoms with Gasteiger partial charge in [0.1, 0.15) is 0 Å². The van der Waals surface area contributed by atoms with Gasteiger partial charge in [-0.15, -0.1) is 0 Å². The zero-order valence-electron chi connectivity index (χ0n) is 11.3. The molecule has 0 fully saturated rings. The van der Waals surface area contributed by atoms with Crippen molar-refractivity contribution in [2.75, 3.05) is 25.5 Å². The van der Waals surface area contributed by atoms with Crippen molar-refractivity contribution in [3.8, 4) is 11.3 Å². The fourth-order valence-corrected chi connectivity index (χ4v) is 2.34. The Balaban J connectivity index is 1.97. The number of aryl methyl sites for hydroxylation is 1. The number of aromatic nitrogens is 2. The molecule has 0 amide bonds. The minimum Gasteiger partial charge on any atom is -0.383 e. The predicted molar refractivity (Wildman–Crippen MR) is 77.0 cm³/mol. The summed E-state index contributed by atoms with van der Waals surface area (Å²) in [5.41, 5.74) is 5.53. The average Bonchev–Trinajstić information content (AvgIpc) is 2.59. The number of fused-ring (bicyclic) bond motifs is 1. The average molecular weight is 254 g/mol. The number of hydrogen-bond donors (Lipinski definition) is 1. The van der Waals surface area contributed by atoms with Crippen LogP contribution in [-0.4, -0.2) is 35.2 Å². The van der Waals surface area contributed by atoms with Gasteiger partial charge in [0.05, 0.1) is 11.4 Å². The van der Waals surface area contributed by atoms with Crippen molar-refractivity contribution in [3.63, 3.8) is 0 Å². The van der Waals surface area contributed by atoms with Crippen LogP contribution in [0.3, 0.4) is 0 Å². The van der Waals surface area contributed by atoms with Crippen molar-refractivity contribution in [3.05, 3.63) is 41.6 Å². The minimum absolute atomic E-state index is 0.924. The molecular weight excluding hydrogens is 236 g/mol. The summed E-state index contributed by atoms with van der Waals surface area (Å²) in [4.78, 5) is 2.32. The lowest BCUT2D eigenvalue weighted by Gasteiger charge is -2.12. The lowest BCUT2D eigenvalue weighted by molar-refractivity contribution is 0.346. The molecular formula is C15H18N4. The molecule has 3 rings (SSSR count). The molecule has 4 heteroatoms. The van der Waals surface area contributed by atoms with Crippen LogP contribution in [0.15, 0.2) is 30.3 Å². The fraction of sp³-hybridized carbons (Fsp3) is 0.333. The van der Waals surface area contributed by atoms with E-state index >= 15 is 0 Å². The Morgan fingerprint density at radius 1 is 1.16 bits per heavy atom. The number of benzene rings is 1. The van der Waals surface area contributed by atoms with E-state index in [1.807, 2.05) is 19.1 Å². The number of rotatable bonds is 1. The molecule has 0 aliphatic carbocycles. The van der Waals surface area contributed by atoms with Gasteiger partial charge in [0.15, 0.2) is 0 Å². The van der Waals surface area contributed by atoms with Crippen LogP contribution in [0.2, 0.25) is 0 Å². The maximum absolute atomic E-state index is 4.25. The van der Waals surface area contributed by atoms with Crippen LogP contribution < -0.4 is 5.32 Å². The van der Waals surface area contributed by atoms with Gasteiger partial charge in [0.25, 0.3) is 0 Å². The van der Waals surface area contributed by atoms with Gasteiger partial charge in [-0.3, -0.25) is 0 Å². The van der Waals surface area contributed by atoms with Gasteiger partial charge < -0.3 is 10.2 Å². The lowest BCUT2D eigenvalue weighted by Crippen LogP contribution is -2.20. The topological polar surface area (TPSA) is 41.0 Å². The second-order valence-corrected chi connectivity index (χ2v) is 5.10. The first-order chi connectivity index (χ1) is 9.22. The van der Waals surface area contributed by atoms with Gasteiger partial charge >= 0.3 is 0 Å². The van der Waals surface area contributed by atoms with Crippen LogP contribution in [0.5, 0.6) is 0 Å². The second kappa shape index (κ2) is 4.97. The van der Waals surface area contributed by atoms with Gasteiger partial charge in [-0.05, 0) is 37.7 Å². The van der Waals surface area contributed by atoms with Crippen molar-refractivity contribution in [2.24, 2.45) is 0 Å². The normalized spacial score (nSPS) is 15.5. The standard InChI is InChI=1S/C15H18N4/c1-11-3-6-14(18-17-11)12-4-5-13-10-19(2)8-7-16-15(13)9-12/h3-6,9,16H,7-8,10H2,1-2H3. The van der Waals surface area contributed by atoms with Crippen molar-refractivity contribution < 1.29 is 0 Å². The molecule has 0 spiro atoms. The number of anilines is 1. The Morgan fingerprint density at radius 3 is 2.84 bits per heavy atom. The predicted octanol–water partition coefficient (Wildman–Crippen LogP) is 2.31. The van der Waals surface area contributed by atoms with E-state index in [1.165, 1.54) is 11.3 Å². The second-order valence-electron chi connectivity index (χ2n) is 5.10. The maximum atomic E-state index is 4.25. The van der Waals surface area contributed by atoms with E-state index in [9.17, 15) is 0 Å². The Hall–Kier alpha value is -1.94. The first kappa shape index (κ1) is 12.1. The molecule has 2 aromatic rings. The van der Waals surface area contributed by atoms with Crippen molar-refractivity contribution >= 4 is 5.69 Å². The van der Waals surface area contributed by atoms with Crippen molar-refractivity contribution in [2.45, 2.75) is 13.5 Å². The van der Waals surface area contributed by atoms with Crippen LogP contribution >= 0.6 is 0 Å². The first-order valence-corrected chi connectivity index (χ1v) is 6.58. The molecule has 1 N–H and O–H groups in total. The van der Waals surface area contributed by atoms with Gasteiger partial charge in [-0.1, -0.05) is 12.1 Å². The van der Waals surface area contributed by atoms with E-state index in [-0.39, 0.29) is 0 Å². The van der Waals surface area contributed by atoms with Crippen molar-refractivity contribution in [1.29, 1.82) is 0 Å². The molecule has 0 saturated carbocycles. The highest BCUT2D eigenvalue weighted by atomic mass is 15.1. The summed E-state index contributed by atoms with van der Waals surface area (Å²) < 4.78 is 0. The van der Waals surface area contributed by atoms with E-state index in [4.69, 9.17) is 0 Å². The number of nitrogens with one attached hydrogen (secondary N) is 1. The SMILES string of the molecule is Cc1ccc(-c2ccc3c(c2)NCCN(C)C3)nn1. The third-order valence-corrected chi connectivity index (χ3v) is 3.45. The first-order valence-electron chi connectivity index (χ1n) is 6.58. The van der Waals surface area contributed by atoms with Crippen LogP contribution in [0, 0.1) is 6.92 Å². The lowest BCUT2D eigenvalue weighted by atomic mass is 10.1. The van der Waals surface area contributed by atoms with Gasteiger partial charge in [0.2, 0.25) is 0 Å². The molecule has 2 heterocycles. The third-order valence-electron chi connectivity index (χ3n) is 3.45.